The smallest absolute Gasteiger partial charge is 0.262 e. The number of azo groups is 1. The lowest BCUT2D eigenvalue weighted by Gasteiger charge is -2.25. The van der Waals surface area contributed by atoms with Crippen molar-refractivity contribution in [3.8, 4) is 12.1 Å². The molecule has 1 aliphatic rings. The fourth-order valence-electron chi connectivity index (χ4n) is 4.23. The van der Waals surface area contributed by atoms with Gasteiger partial charge in [-0.05, 0) is 30.7 Å². The Bertz CT molecular complexity index is 1400. The van der Waals surface area contributed by atoms with Gasteiger partial charge in [0.05, 0.1) is 41.2 Å². The van der Waals surface area contributed by atoms with E-state index in [-0.39, 0.29) is 46.1 Å². The van der Waals surface area contributed by atoms with Gasteiger partial charge in [0.15, 0.2) is 0 Å². The number of ether oxygens (including phenoxy) is 2. The lowest BCUT2D eigenvalue weighted by molar-refractivity contribution is -0.114. The molecule has 0 aliphatic carbocycles. The molecular weight excluding hydrogens is 514 g/mol. The van der Waals surface area contributed by atoms with Crippen LogP contribution in [-0.2, 0) is 14.3 Å². The second-order valence-electron chi connectivity index (χ2n) is 8.96. The first-order valence-corrected chi connectivity index (χ1v) is 12.7. The number of nitrogens with one attached hydrogen (secondary N) is 1. The van der Waals surface area contributed by atoms with Crippen molar-refractivity contribution in [2.45, 2.75) is 26.7 Å². The number of nitriles is 2. The Kier molecular flexibility index (Phi) is 10.4. The van der Waals surface area contributed by atoms with Crippen LogP contribution in [0.4, 0.5) is 22.7 Å². The number of amides is 3. The number of anilines is 2. The SMILES string of the molecule is CCCCN1C(=O)c2cc(C#N)c(N=Nc3ccc(N(CCOC)CCOC)cc3NC(C)=O)c(C#N)c2C1=O. The fourth-order valence-corrected chi connectivity index (χ4v) is 4.23. The normalized spacial score (nSPS) is 12.4. The average Bonchev–Trinajstić information content (AvgIpc) is 3.18. The summed E-state index contributed by atoms with van der Waals surface area (Å²) in [5, 5.41) is 30.9. The summed E-state index contributed by atoms with van der Waals surface area (Å²) in [6.45, 7) is 5.61. The highest BCUT2D eigenvalue weighted by atomic mass is 16.5. The lowest BCUT2D eigenvalue weighted by Crippen LogP contribution is -2.30. The maximum atomic E-state index is 13.1. The zero-order chi connectivity index (χ0) is 29.2. The van der Waals surface area contributed by atoms with Crippen molar-refractivity contribution >= 4 is 40.5 Å². The van der Waals surface area contributed by atoms with E-state index in [0.717, 1.165) is 17.0 Å². The van der Waals surface area contributed by atoms with Gasteiger partial charge in [-0.3, -0.25) is 19.3 Å². The van der Waals surface area contributed by atoms with Crippen LogP contribution in [0.2, 0.25) is 0 Å². The van der Waals surface area contributed by atoms with Crippen LogP contribution in [0.1, 0.15) is 58.5 Å². The number of methoxy groups -OCH3 is 2. The Morgan fingerprint density at radius 1 is 1.05 bits per heavy atom. The summed E-state index contributed by atoms with van der Waals surface area (Å²) >= 11 is 0. The van der Waals surface area contributed by atoms with Crippen LogP contribution in [-0.4, -0.2) is 69.7 Å². The van der Waals surface area contributed by atoms with E-state index in [1.165, 1.54) is 13.0 Å². The summed E-state index contributed by atoms with van der Waals surface area (Å²) in [4.78, 5) is 41.0. The Morgan fingerprint density at radius 3 is 2.33 bits per heavy atom. The van der Waals surface area contributed by atoms with E-state index in [0.29, 0.717) is 38.4 Å². The van der Waals surface area contributed by atoms with Crippen LogP contribution < -0.4 is 10.2 Å². The number of fused-ring (bicyclic) bond motifs is 1. The van der Waals surface area contributed by atoms with Crippen molar-refractivity contribution < 1.29 is 23.9 Å². The minimum Gasteiger partial charge on any atom is -0.383 e. The Morgan fingerprint density at radius 2 is 1.75 bits per heavy atom. The average molecular weight is 546 g/mol. The van der Waals surface area contributed by atoms with E-state index in [4.69, 9.17) is 9.47 Å². The number of nitrogens with zero attached hydrogens (tertiary/aromatic N) is 6. The summed E-state index contributed by atoms with van der Waals surface area (Å²) < 4.78 is 10.4. The highest BCUT2D eigenvalue weighted by molar-refractivity contribution is 6.23. The van der Waals surface area contributed by atoms with Gasteiger partial charge >= 0.3 is 0 Å². The second kappa shape index (κ2) is 13.9. The number of benzene rings is 2. The standard InChI is InChI=1S/C28H31N7O5/c1-5-6-9-35-27(37)21-14-19(16-29)26(22(17-30)25(21)28(35)38)33-32-23-8-7-20(15-24(23)31-18(2)36)34(10-12-39-3)11-13-40-4/h7-8,14-15H,5-6,9-13H2,1-4H3,(H,31,36). The van der Waals surface area contributed by atoms with E-state index >= 15 is 0 Å². The van der Waals surface area contributed by atoms with Crippen LogP contribution in [0.15, 0.2) is 34.5 Å². The third-order valence-corrected chi connectivity index (χ3v) is 6.25. The number of carbonyl (C=O) groups is 3. The van der Waals surface area contributed by atoms with Crippen molar-refractivity contribution in [3.63, 3.8) is 0 Å². The second-order valence-corrected chi connectivity index (χ2v) is 8.96. The molecule has 40 heavy (non-hydrogen) atoms. The van der Waals surface area contributed by atoms with Crippen molar-refractivity contribution in [1.29, 1.82) is 10.5 Å². The van der Waals surface area contributed by atoms with Crippen LogP contribution in [0, 0.1) is 22.7 Å². The highest BCUT2D eigenvalue weighted by Gasteiger charge is 2.39. The molecule has 0 aromatic heterocycles. The predicted octanol–water partition coefficient (Wildman–Crippen LogP) is 4.30. The number of hydrogen-bond donors (Lipinski definition) is 1. The van der Waals surface area contributed by atoms with E-state index in [2.05, 4.69) is 15.5 Å². The van der Waals surface area contributed by atoms with Gasteiger partial charge in [-0.2, -0.15) is 10.5 Å². The van der Waals surface area contributed by atoms with Gasteiger partial charge in [-0.15, -0.1) is 10.2 Å². The van der Waals surface area contributed by atoms with Gasteiger partial charge in [0, 0.05) is 46.5 Å². The molecule has 0 unspecified atom stereocenters. The van der Waals surface area contributed by atoms with Gasteiger partial charge in [-0.25, -0.2) is 0 Å². The topological polar surface area (TPSA) is 160 Å². The minimum absolute atomic E-state index is 0.00338. The van der Waals surface area contributed by atoms with Gasteiger partial charge in [0.25, 0.3) is 11.8 Å². The van der Waals surface area contributed by atoms with Gasteiger partial charge < -0.3 is 19.7 Å². The molecule has 12 nitrogen and oxygen atoms in total. The summed E-state index contributed by atoms with van der Waals surface area (Å²) in [6.07, 6.45) is 1.38. The lowest BCUT2D eigenvalue weighted by atomic mass is 9.97. The molecule has 0 saturated heterocycles. The van der Waals surface area contributed by atoms with E-state index in [1.54, 1.807) is 32.4 Å². The first-order chi connectivity index (χ1) is 19.3. The van der Waals surface area contributed by atoms with Crippen LogP contribution in [0.5, 0.6) is 0 Å². The largest absolute Gasteiger partial charge is 0.383 e. The Labute approximate surface area is 232 Å². The number of carbonyl (C=O) groups excluding carboxylic acids is 3. The van der Waals surface area contributed by atoms with Crippen molar-refractivity contribution in [2.24, 2.45) is 10.2 Å². The maximum Gasteiger partial charge on any atom is 0.262 e. The summed E-state index contributed by atoms with van der Waals surface area (Å²) in [5.41, 5.74) is 0.924. The molecule has 12 heteroatoms. The van der Waals surface area contributed by atoms with Crippen molar-refractivity contribution in [2.75, 3.05) is 57.3 Å². The van der Waals surface area contributed by atoms with Gasteiger partial charge in [-0.1, -0.05) is 13.3 Å². The maximum absolute atomic E-state index is 13.1. The molecule has 208 valence electrons. The number of rotatable bonds is 13. The molecule has 1 N–H and O–H groups in total. The summed E-state index contributed by atoms with van der Waals surface area (Å²) in [7, 11) is 3.22. The third-order valence-electron chi connectivity index (χ3n) is 6.25. The molecule has 2 aromatic rings. The minimum atomic E-state index is -0.596. The molecule has 0 fully saturated rings. The fraction of sp³-hybridized carbons (Fsp3) is 0.393. The quantitative estimate of drug-likeness (QED) is 0.288. The first-order valence-electron chi connectivity index (χ1n) is 12.7. The third kappa shape index (κ3) is 6.49. The van der Waals surface area contributed by atoms with Crippen LogP contribution >= 0.6 is 0 Å². The molecule has 0 bridgehead atoms. The number of unbranched alkanes of at least 4 members (excludes halogenated alkanes) is 1. The van der Waals surface area contributed by atoms with E-state index in [9.17, 15) is 24.9 Å². The van der Waals surface area contributed by atoms with Gasteiger partial charge in [0.2, 0.25) is 5.91 Å². The molecule has 3 rings (SSSR count). The molecule has 2 aromatic carbocycles. The molecule has 3 amide bonds. The molecule has 1 heterocycles. The van der Waals surface area contributed by atoms with Crippen molar-refractivity contribution in [3.05, 3.63) is 46.5 Å². The van der Waals surface area contributed by atoms with Crippen LogP contribution in [0.25, 0.3) is 0 Å². The summed E-state index contributed by atoms with van der Waals surface area (Å²) in [5.74, 6) is -1.47. The Balaban J connectivity index is 2.07. The summed E-state index contributed by atoms with van der Waals surface area (Å²) in [6, 6.07) is 10.3. The van der Waals surface area contributed by atoms with Crippen LogP contribution in [0.3, 0.4) is 0 Å². The number of hydrogen-bond acceptors (Lipinski definition) is 10. The van der Waals surface area contributed by atoms with Gasteiger partial charge in [0.1, 0.15) is 23.5 Å². The molecule has 0 atom stereocenters. The zero-order valence-electron chi connectivity index (χ0n) is 23.0. The van der Waals surface area contributed by atoms with E-state index in [1.807, 2.05) is 24.0 Å². The monoisotopic (exact) mass is 545 g/mol. The predicted molar refractivity (Wildman–Crippen MR) is 147 cm³/mol. The molecule has 0 radical (unpaired) electrons. The zero-order valence-corrected chi connectivity index (χ0v) is 23.0. The van der Waals surface area contributed by atoms with Crippen molar-refractivity contribution in [1.82, 2.24) is 4.90 Å². The highest BCUT2D eigenvalue weighted by Crippen LogP contribution is 2.37. The number of imide groups is 1. The molecule has 0 spiro atoms. The molecule has 1 aliphatic heterocycles. The molecule has 0 saturated carbocycles. The Hall–Kier alpha value is -4.65. The molecular formula is C28H31N7O5. The first kappa shape index (κ1) is 29.9. The van der Waals surface area contributed by atoms with E-state index < -0.39 is 11.8 Å².